The third-order valence-corrected chi connectivity index (χ3v) is 2.71. The Balaban J connectivity index is 2.45. The van der Waals surface area contributed by atoms with Gasteiger partial charge in [0.15, 0.2) is 0 Å². The van der Waals surface area contributed by atoms with E-state index in [1.807, 2.05) is 6.92 Å². The Kier molecular flexibility index (Phi) is 5.28. The molecule has 1 atom stereocenters. The average Bonchev–Trinajstić information content (AvgIpc) is 2.18. The third kappa shape index (κ3) is 4.40. The second-order valence-electron chi connectivity index (χ2n) is 4.00. The van der Waals surface area contributed by atoms with Crippen LogP contribution in [0.3, 0.4) is 0 Å². The van der Waals surface area contributed by atoms with E-state index in [9.17, 15) is 4.79 Å². The van der Waals surface area contributed by atoms with E-state index in [0.29, 0.717) is 5.78 Å². The van der Waals surface area contributed by atoms with Crippen molar-refractivity contribution in [2.75, 3.05) is 0 Å². The van der Waals surface area contributed by atoms with Crippen LogP contribution in [0.1, 0.15) is 45.4 Å². The predicted octanol–water partition coefficient (Wildman–Crippen LogP) is 3.66. The van der Waals surface area contributed by atoms with Crippen molar-refractivity contribution in [3.05, 3.63) is 24.3 Å². The molecule has 1 unspecified atom stereocenters. The molecule has 0 aromatic rings. The van der Waals surface area contributed by atoms with Gasteiger partial charge in [-0.3, -0.25) is 4.79 Å². The van der Waals surface area contributed by atoms with Crippen LogP contribution >= 0.6 is 0 Å². The molecule has 0 radical (unpaired) electrons. The topological polar surface area (TPSA) is 17.1 Å². The van der Waals surface area contributed by atoms with Gasteiger partial charge < -0.3 is 0 Å². The van der Waals surface area contributed by atoms with E-state index in [0.717, 1.165) is 38.5 Å². The van der Waals surface area contributed by atoms with Crippen molar-refractivity contribution < 1.29 is 4.79 Å². The minimum absolute atomic E-state index is 0.243. The van der Waals surface area contributed by atoms with Gasteiger partial charge in [0.2, 0.25) is 0 Å². The molecule has 1 nitrogen and oxygen atoms in total. The smallest absolute Gasteiger partial charge is 0.136 e. The summed E-state index contributed by atoms with van der Waals surface area (Å²) in [5, 5.41) is 0. The maximum Gasteiger partial charge on any atom is 0.136 e. The van der Waals surface area contributed by atoms with Crippen LogP contribution in [0.25, 0.3) is 0 Å². The van der Waals surface area contributed by atoms with Gasteiger partial charge in [-0.1, -0.05) is 31.2 Å². The fourth-order valence-corrected chi connectivity index (χ4v) is 1.64. The van der Waals surface area contributed by atoms with Crippen LogP contribution in [-0.4, -0.2) is 5.78 Å². The van der Waals surface area contributed by atoms with E-state index >= 15 is 0 Å². The maximum absolute atomic E-state index is 11.6. The first kappa shape index (κ1) is 11.2. The molecule has 0 amide bonds. The molecule has 0 aromatic heterocycles. The molecule has 0 N–H and O–H groups in total. The van der Waals surface area contributed by atoms with Crippen LogP contribution < -0.4 is 0 Å². The predicted molar refractivity (Wildman–Crippen MR) is 60.2 cm³/mol. The molecule has 14 heavy (non-hydrogen) atoms. The van der Waals surface area contributed by atoms with Gasteiger partial charge in [0.05, 0.1) is 0 Å². The largest absolute Gasteiger partial charge is 0.299 e. The summed E-state index contributed by atoms with van der Waals surface area (Å²) in [4.78, 5) is 11.6. The second-order valence-corrected chi connectivity index (χ2v) is 4.00. The zero-order chi connectivity index (χ0) is 10.2. The molecular formula is C13H20O. The summed E-state index contributed by atoms with van der Waals surface area (Å²) in [6.45, 7) is 2.05. The summed E-state index contributed by atoms with van der Waals surface area (Å²) >= 11 is 0. The molecule has 0 saturated heterocycles. The Morgan fingerprint density at radius 3 is 2.29 bits per heavy atom. The van der Waals surface area contributed by atoms with Gasteiger partial charge in [0, 0.05) is 12.3 Å². The maximum atomic E-state index is 11.6. The Bertz CT molecular complexity index is 225. The highest BCUT2D eigenvalue weighted by Gasteiger charge is 2.10. The lowest BCUT2D eigenvalue weighted by molar-refractivity contribution is -0.122. The Morgan fingerprint density at radius 1 is 1.00 bits per heavy atom. The van der Waals surface area contributed by atoms with Gasteiger partial charge in [-0.25, -0.2) is 0 Å². The Labute approximate surface area is 86.9 Å². The number of rotatable bonds is 0. The number of ketones is 1. The summed E-state index contributed by atoms with van der Waals surface area (Å²) in [6, 6.07) is 0. The highest BCUT2D eigenvalue weighted by Crippen LogP contribution is 2.12. The van der Waals surface area contributed by atoms with E-state index < -0.39 is 0 Å². The van der Waals surface area contributed by atoms with Crippen molar-refractivity contribution in [3.8, 4) is 0 Å². The van der Waals surface area contributed by atoms with Crippen LogP contribution in [0.15, 0.2) is 24.3 Å². The molecule has 0 spiro atoms. The Morgan fingerprint density at radius 2 is 1.57 bits per heavy atom. The van der Waals surface area contributed by atoms with Crippen LogP contribution in [0.5, 0.6) is 0 Å². The van der Waals surface area contributed by atoms with Crippen LogP contribution in [0.2, 0.25) is 0 Å². The fourth-order valence-electron chi connectivity index (χ4n) is 1.64. The monoisotopic (exact) mass is 192 g/mol. The minimum atomic E-state index is 0.243. The zero-order valence-corrected chi connectivity index (χ0v) is 9.04. The van der Waals surface area contributed by atoms with Gasteiger partial charge >= 0.3 is 0 Å². The normalized spacial score (nSPS) is 30.1. The summed E-state index contributed by atoms with van der Waals surface area (Å²) < 4.78 is 0. The van der Waals surface area contributed by atoms with Crippen LogP contribution in [0, 0.1) is 5.92 Å². The molecule has 0 saturated carbocycles. The summed E-state index contributed by atoms with van der Waals surface area (Å²) in [5.41, 5.74) is 0. The summed E-state index contributed by atoms with van der Waals surface area (Å²) in [6.07, 6.45) is 14.7. The lowest BCUT2D eigenvalue weighted by Crippen LogP contribution is -2.09. The van der Waals surface area contributed by atoms with Crippen molar-refractivity contribution in [2.45, 2.75) is 45.4 Å². The van der Waals surface area contributed by atoms with E-state index in [-0.39, 0.29) is 5.92 Å². The summed E-state index contributed by atoms with van der Waals surface area (Å²) in [5.74, 6) is 0.663. The first-order valence-corrected chi connectivity index (χ1v) is 5.63. The van der Waals surface area contributed by atoms with E-state index in [1.54, 1.807) is 0 Å². The standard InChI is InChI=1S/C13H20O/c1-12-10-8-6-4-2-3-5-7-9-11-13(12)14/h4-7,12H,2-3,8-11H2,1H3/b6-4-,7-5+. The van der Waals surface area contributed by atoms with Gasteiger partial charge in [-0.2, -0.15) is 0 Å². The van der Waals surface area contributed by atoms with Crippen LogP contribution in [-0.2, 0) is 4.79 Å². The number of Topliss-reactive ketones (excluding diaryl/α,β-unsaturated/α-hetero) is 1. The highest BCUT2D eigenvalue weighted by molar-refractivity contribution is 5.80. The molecule has 0 aromatic carbocycles. The van der Waals surface area contributed by atoms with E-state index in [1.165, 1.54) is 0 Å². The van der Waals surface area contributed by atoms with Crippen molar-refractivity contribution in [3.63, 3.8) is 0 Å². The van der Waals surface area contributed by atoms with E-state index in [4.69, 9.17) is 0 Å². The molecule has 0 heterocycles. The molecule has 1 aliphatic rings. The van der Waals surface area contributed by atoms with Gasteiger partial charge in [-0.05, 0) is 32.1 Å². The highest BCUT2D eigenvalue weighted by atomic mass is 16.1. The van der Waals surface area contributed by atoms with Crippen molar-refractivity contribution in [2.24, 2.45) is 5.92 Å². The van der Waals surface area contributed by atoms with E-state index in [2.05, 4.69) is 24.3 Å². The Hall–Kier alpha value is -0.850. The van der Waals surface area contributed by atoms with Crippen molar-refractivity contribution in [1.82, 2.24) is 0 Å². The fraction of sp³-hybridized carbons (Fsp3) is 0.615. The first-order valence-electron chi connectivity index (χ1n) is 5.63. The zero-order valence-electron chi connectivity index (χ0n) is 9.04. The third-order valence-electron chi connectivity index (χ3n) is 2.71. The van der Waals surface area contributed by atoms with Gasteiger partial charge in [-0.15, -0.1) is 0 Å². The number of hydrogen-bond acceptors (Lipinski definition) is 1. The number of hydrogen-bond donors (Lipinski definition) is 0. The molecule has 1 heteroatoms. The lowest BCUT2D eigenvalue weighted by Gasteiger charge is -2.08. The SMILES string of the molecule is CC1CC/C=C\CC/C=C/CCC1=O. The van der Waals surface area contributed by atoms with Gasteiger partial charge in [0.1, 0.15) is 5.78 Å². The molecule has 0 aliphatic heterocycles. The average molecular weight is 192 g/mol. The number of allylic oxidation sites excluding steroid dienone is 4. The molecular weight excluding hydrogens is 172 g/mol. The molecule has 0 bridgehead atoms. The quantitative estimate of drug-likeness (QED) is 0.535. The molecule has 1 aliphatic carbocycles. The molecule has 78 valence electrons. The van der Waals surface area contributed by atoms with Crippen molar-refractivity contribution in [1.29, 1.82) is 0 Å². The lowest BCUT2D eigenvalue weighted by atomic mass is 9.96. The molecule has 0 fully saturated rings. The van der Waals surface area contributed by atoms with Crippen LogP contribution in [0.4, 0.5) is 0 Å². The summed E-state index contributed by atoms with van der Waals surface area (Å²) in [7, 11) is 0. The number of carbonyl (C=O) groups is 1. The van der Waals surface area contributed by atoms with Crippen molar-refractivity contribution >= 4 is 5.78 Å². The minimum Gasteiger partial charge on any atom is -0.299 e. The van der Waals surface area contributed by atoms with Gasteiger partial charge in [0.25, 0.3) is 0 Å². The first-order chi connectivity index (χ1) is 6.80. The second kappa shape index (κ2) is 6.58. The molecule has 1 rings (SSSR count). The number of carbonyl (C=O) groups excluding carboxylic acids is 1.